The number of ether oxygens (including phenoxy) is 10. The van der Waals surface area contributed by atoms with Crippen molar-refractivity contribution in [1.82, 2.24) is 9.80 Å². The predicted octanol–water partition coefficient (Wildman–Crippen LogP) is 2.32. The Morgan fingerprint density at radius 1 is 0.511 bits per heavy atom. The van der Waals surface area contributed by atoms with Crippen molar-refractivity contribution in [3.05, 3.63) is 0 Å². The zero-order valence-electron chi connectivity index (χ0n) is 59.7. The molecule has 0 radical (unpaired) electrons. The first-order valence-corrected chi connectivity index (χ1v) is 33.7. The Morgan fingerprint density at radius 3 is 1.15 bits per heavy atom. The third kappa shape index (κ3) is 21.3. The summed E-state index contributed by atoms with van der Waals surface area (Å²) in [5.74, 6) is -9.55. The third-order valence-electron chi connectivity index (χ3n) is 20.3. The first-order chi connectivity index (χ1) is 43.8. The Hall–Kier alpha value is -2.92. The first kappa shape index (κ1) is 83.5. The molecule has 4 heterocycles. The van der Waals surface area contributed by atoms with E-state index in [4.69, 9.17) is 57.0 Å². The highest BCUT2D eigenvalue weighted by Gasteiger charge is 2.54. The van der Waals surface area contributed by atoms with Crippen LogP contribution in [0.4, 0.5) is 0 Å². The molecule has 0 spiro atoms. The fourth-order valence-electron chi connectivity index (χ4n) is 14.4. The van der Waals surface area contributed by atoms with Crippen LogP contribution in [0.3, 0.4) is 0 Å². The molecular weight excluding hydrogens is 1230 g/mol. The summed E-state index contributed by atoms with van der Waals surface area (Å²) >= 11 is 0. The van der Waals surface area contributed by atoms with Gasteiger partial charge in [0.1, 0.15) is 35.6 Å². The van der Waals surface area contributed by atoms with Crippen molar-refractivity contribution in [2.75, 3.05) is 81.4 Å². The standard InChI is InChI=1S/C66H122N4O24/c1-21-47-65(15,81)55(75)39(7)49(67-87-33-85-27-25-83-19)35(3)31-63(13,79)57(41(9)51(71)43(11)59(77)91-47)93-61-53(73)45(29-37(5)89-61)69(17)23-24-70(18)46-30-38(6)90-62(54(46)74)94-58-42(10)52(72)44(12)60(78)92-48(22-2)66(16,82)56(76)40(8)50(36(4)32-64(58,14)80)68-88-34-86-28-26-84-20/h35-48,51-58,61-62,71-76,79-82H,21-34H2,1-20H3/b67-49-,68-50-/t35-,36-,37-,38-,39+,40+,41+,42+,43-,44-,45+,46+,47-,48-,51+,52+,53-,54-,55-,56-,57-,58-,61+,62+,63-,64-,65-,66-/m1/s1. The molecule has 0 unspecified atom stereocenters. The molecule has 4 rings (SSSR count). The quantitative estimate of drug-likeness (QED) is 0.0304. The number of methoxy groups -OCH3 is 2. The van der Waals surface area contributed by atoms with E-state index in [2.05, 4.69) is 10.3 Å². The maximum atomic E-state index is 13.9. The number of hydrogen-bond acceptors (Lipinski definition) is 28. The van der Waals surface area contributed by atoms with Gasteiger partial charge in [0.25, 0.3) is 0 Å². The highest BCUT2D eigenvalue weighted by atomic mass is 16.8. The molecule has 4 saturated heterocycles. The SMILES string of the molecule is CC[C@H]1OC(=O)[C@H](C)[C@@H](O)[C@H](C)[C@@H](O[C@@H]2O[C@H](C)C[C@H](N(C)CCN(C)[C@H]3C[C@@H](C)O[C@@H](O[C@@H]4[C@@H](C)[C@H](O)[C@@H](C)C(=O)O[C@H](CC)[C@@](C)(O)[C@H](O)[C@@H](C)/C(=N\OCOCCOC)[C@H](C)C[C@@]4(C)O)[C@@H]3O)[C@H]2O)[C@](C)(O)C[C@@H](C)/C(=N/OCOCCOC)[C@H](C)[C@@H](O)[C@]1(C)O. The van der Waals surface area contributed by atoms with E-state index >= 15 is 0 Å². The van der Waals surface area contributed by atoms with Crippen molar-refractivity contribution in [1.29, 1.82) is 0 Å². The molecule has 0 aromatic heterocycles. The lowest BCUT2D eigenvalue weighted by atomic mass is 9.73. The van der Waals surface area contributed by atoms with Crippen molar-refractivity contribution in [3.8, 4) is 0 Å². The zero-order chi connectivity index (χ0) is 71.1. The largest absolute Gasteiger partial charge is 0.459 e. The topological polar surface area (TPSA) is 378 Å². The average molecular weight is 1360 g/mol. The summed E-state index contributed by atoms with van der Waals surface area (Å²) < 4.78 is 58.9. The van der Waals surface area contributed by atoms with E-state index in [1.807, 2.05) is 37.7 Å². The molecule has 0 aromatic carbocycles. The van der Waals surface area contributed by atoms with Crippen LogP contribution in [0.2, 0.25) is 0 Å². The molecule has 0 amide bonds. The second-order valence-electron chi connectivity index (χ2n) is 28.4. The smallest absolute Gasteiger partial charge is 0.311 e. The van der Waals surface area contributed by atoms with Crippen LogP contribution in [-0.4, -0.2) is 286 Å². The fraction of sp³-hybridized carbons (Fsp3) is 0.939. The zero-order valence-corrected chi connectivity index (χ0v) is 59.7. The van der Waals surface area contributed by atoms with Crippen LogP contribution in [0.5, 0.6) is 0 Å². The van der Waals surface area contributed by atoms with Crippen LogP contribution in [0.1, 0.15) is 149 Å². The number of esters is 2. The van der Waals surface area contributed by atoms with E-state index in [0.29, 0.717) is 39.1 Å². The number of hydrogen-bond donors (Lipinski definition) is 10. The second-order valence-corrected chi connectivity index (χ2v) is 28.4. The Kier molecular flexibility index (Phi) is 32.8. The van der Waals surface area contributed by atoms with Crippen LogP contribution in [0.15, 0.2) is 10.3 Å². The number of carbonyl (C=O) groups is 2. The third-order valence-corrected chi connectivity index (χ3v) is 20.3. The summed E-state index contributed by atoms with van der Waals surface area (Å²) in [6.07, 6.45) is -17.1. The molecule has 10 N–H and O–H groups in total. The van der Waals surface area contributed by atoms with Gasteiger partial charge in [-0.2, -0.15) is 0 Å². The highest BCUT2D eigenvalue weighted by molar-refractivity contribution is 5.89. The number of oxime groups is 2. The number of likely N-dealkylation sites (N-methyl/N-ethyl adjacent to an activating group) is 2. The summed E-state index contributed by atoms with van der Waals surface area (Å²) in [4.78, 5) is 42.9. The number of carbonyl (C=O) groups excluding carboxylic acids is 2. The fourth-order valence-corrected chi connectivity index (χ4v) is 14.4. The van der Waals surface area contributed by atoms with Crippen LogP contribution in [-0.2, 0) is 66.6 Å². The Balaban J connectivity index is 1.63. The van der Waals surface area contributed by atoms with Gasteiger partial charge >= 0.3 is 11.9 Å². The molecule has 94 heavy (non-hydrogen) atoms. The molecule has 28 heteroatoms. The van der Waals surface area contributed by atoms with Gasteiger partial charge in [0.2, 0.25) is 13.6 Å². The van der Waals surface area contributed by atoms with Gasteiger partial charge in [0, 0.05) is 74.9 Å². The van der Waals surface area contributed by atoms with Gasteiger partial charge in [0.15, 0.2) is 12.6 Å². The van der Waals surface area contributed by atoms with E-state index in [9.17, 15) is 60.7 Å². The summed E-state index contributed by atoms with van der Waals surface area (Å²) in [6, 6.07) is -1.22. The number of aliphatic hydroxyl groups excluding tert-OH is 6. The van der Waals surface area contributed by atoms with E-state index in [1.54, 1.807) is 55.4 Å². The molecule has 0 bridgehead atoms. The Morgan fingerprint density at radius 2 is 0.840 bits per heavy atom. The molecule has 550 valence electrons. The lowest BCUT2D eigenvalue weighted by Crippen LogP contribution is -2.61. The molecule has 0 aliphatic carbocycles. The van der Waals surface area contributed by atoms with E-state index in [1.165, 1.54) is 55.8 Å². The minimum Gasteiger partial charge on any atom is -0.459 e. The first-order valence-electron chi connectivity index (χ1n) is 33.7. The lowest BCUT2D eigenvalue weighted by Gasteiger charge is -2.48. The van der Waals surface area contributed by atoms with Crippen molar-refractivity contribution in [3.63, 3.8) is 0 Å². The number of nitrogens with zero attached hydrogens (tertiary/aromatic N) is 4. The van der Waals surface area contributed by atoms with Crippen molar-refractivity contribution >= 4 is 23.4 Å². The van der Waals surface area contributed by atoms with Crippen LogP contribution >= 0.6 is 0 Å². The monoisotopic (exact) mass is 1350 g/mol. The number of aliphatic hydroxyl groups is 10. The summed E-state index contributed by atoms with van der Waals surface area (Å²) in [6.45, 7) is 26.8. The normalized spacial score (nSPS) is 44.0. The second kappa shape index (κ2) is 37.0. The van der Waals surface area contributed by atoms with E-state index in [-0.39, 0.29) is 63.9 Å². The van der Waals surface area contributed by atoms with Gasteiger partial charge in [-0.1, -0.05) is 65.7 Å². The van der Waals surface area contributed by atoms with E-state index < -0.39 is 180 Å². The van der Waals surface area contributed by atoms with Gasteiger partial charge in [-0.25, -0.2) is 0 Å². The maximum Gasteiger partial charge on any atom is 0.311 e. The number of rotatable bonds is 23. The van der Waals surface area contributed by atoms with E-state index in [0.717, 1.165) is 0 Å². The molecule has 4 aliphatic rings. The molecule has 4 fully saturated rings. The Bertz CT molecular complexity index is 2180. The van der Waals surface area contributed by atoms with Crippen molar-refractivity contribution in [2.24, 2.45) is 57.7 Å². The molecule has 4 aliphatic heterocycles. The van der Waals surface area contributed by atoms with Crippen LogP contribution < -0.4 is 0 Å². The molecule has 28 nitrogen and oxygen atoms in total. The molecule has 28 atom stereocenters. The summed E-state index contributed by atoms with van der Waals surface area (Å²) in [7, 11) is 6.71. The summed E-state index contributed by atoms with van der Waals surface area (Å²) in [5.41, 5.74) is -7.33. The predicted molar refractivity (Wildman–Crippen MR) is 344 cm³/mol. The summed E-state index contributed by atoms with van der Waals surface area (Å²) in [5, 5.41) is 131. The van der Waals surface area contributed by atoms with Crippen molar-refractivity contribution < 1.29 is 118 Å². The van der Waals surface area contributed by atoms with Crippen molar-refractivity contribution in [2.45, 2.75) is 270 Å². The van der Waals surface area contributed by atoms with Crippen LogP contribution in [0, 0.1) is 47.3 Å². The molecular formula is C66H122N4O24. The lowest BCUT2D eigenvalue weighted by molar-refractivity contribution is -0.301. The van der Waals surface area contributed by atoms with Gasteiger partial charge in [0.05, 0.1) is 110 Å². The average Bonchev–Trinajstić information content (AvgIpc) is 1.35. The molecule has 0 saturated carbocycles. The van der Waals surface area contributed by atoms with Gasteiger partial charge in [-0.15, -0.1) is 0 Å². The number of cyclic esters (lactones) is 2. The highest BCUT2D eigenvalue weighted by Crippen LogP contribution is 2.41. The van der Waals surface area contributed by atoms with Gasteiger partial charge < -0.3 is 108 Å². The Labute approximate surface area is 557 Å². The van der Waals surface area contributed by atoms with Crippen LogP contribution in [0.25, 0.3) is 0 Å². The minimum absolute atomic E-state index is 0.102. The minimum atomic E-state index is -2.01. The molecule has 0 aromatic rings. The van der Waals surface area contributed by atoms with Gasteiger partial charge in [-0.05, 0) is 108 Å². The van der Waals surface area contributed by atoms with Gasteiger partial charge in [-0.3, -0.25) is 19.4 Å². The maximum absolute atomic E-state index is 13.9.